The molecule has 5 heteroatoms. The monoisotopic (exact) mass is 210 g/mol. The van der Waals surface area contributed by atoms with Crippen LogP contribution in [-0.4, -0.2) is 31.6 Å². The zero-order chi connectivity index (χ0) is 11.1. The highest BCUT2D eigenvalue weighted by Crippen LogP contribution is 2.39. The average Bonchev–Trinajstić information content (AvgIpc) is 2.46. The van der Waals surface area contributed by atoms with Crippen molar-refractivity contribution in [1.82, 2.24) is 9.78 Å². The number of carboxylic acids is 1. The molecular weight excluding hydrogens is 196 g/mol. The molecule has 0 spiro atoms. The molecule has 2 N–H and O–H groups in total. The lowest BCUT2D eigenvalue weighted by atomic mass is 9.69. The number of hydrogen-bond donors (Lipinski definition) is 2. The molecule has 1 aromatic rings. The van der Waals surface area contributed by atoms with Crippen molar-refractivity contribution in [2.45, 2.75) is 24.9 Å². The Morgan fingerprint density at radius 1 is 1.73 bits per heavy atom. The summed E-state index contributed by atoms with van der Waals surface area (Å²) in [6.45, 7) is 0. The van der Waals surface area contributed by atoms with Gasteiger partial charge in [0.05, 0.1) is 17.2 Å². The van der Waals surface area contributed by atoms with Crippen LogP contribution in [0.2, 0.25) is 0 Å². The first-order valence-electron chi connectivity index (χ1n) is 4.92. The lowest BCUT2D eigenvalue weighted by Crippen LogP contribution is -2.48. The van der Waals surface area contributed by atoms with Crippen LogP contribution in [-0.2, 0) is 18.3 Å². The molecule has 0 atom stereocenters. The molecule has 2 rings (SSSR count). The molecule has 1 aromatic heterocycles. The van der Waals surface area contributed by atoms with E-state index in [4.69, 9.17) is 5.11 Å². The summed E-state index contributed by atoms with van der Waals surface area (Å²) in [5.41, 5.74) is -0.0546. The van der Waals surface area contributed by atoms with Crippen LogP contribution in [0.5, 0.6) is 0 Å². The van der Waals surface area contributed by atoms with Crippen LogP contribution in [0.15, 0.2) is 12.3 Å². The van der Waals surface area contributed by atoms with E-state index in [0.29, 0.717) is 19.3 Å². The second kappa shape index (κ2) is 3.34. The van der Waals surface area contributed by atoms with Crippen molar-refractivity contribution in [1.29, 1.82) is 0 Å². The molecule has 1 saturated carbocycles. The first kappa shape index (κ1) is 10.2. The molecule has 0 bridgehead atoms. The minimum atomic E-state index is -0.864. The Bertz CT molecular complexity index is 380. The molecule has 1 aliphatic carbocycles. The molecule has 5 nitrogen and oxygen atoms in total. The van der Waals surface area contributed by atoms with Gasteiger partial charge in [0.2, 0.25) is 0 Å². The van der Waals surface area contributed by atoms with Gasteiger partial charge in [-0.2, -0.15) is 5.10 Å². The molecule has 15 heavy (non-hydrogen) atoms. The highest BCUT2D eigenvalue weighted by atomic mass is 16.4. The molecule has 1 aliphatic rings. The summed E-state index contributed by atoms with van der Waals surface area (Å²) in [6, 6.07) is 1.84. The van der Waals surface area contributed by atoms with Gasteiger partial charge in [-0.05, 0) is 18.9 Å². The van der Waals surface area contributed by atoms with E-state index >= 15 is 0 Å². The van der Waals surface area contributed by atoms with Gasteiger partial charge in [0, 0.05) is 19.7 Å². The summed E-state index contributed by atoms with van der Waals surface area (Å²) in [7, 11) is 1.81. The van der Waals surface area contributed by atoms with Gasteiger partial charge < -0.3 is 10.2 Å². The summed E-state index contributed by atoms with van der Waals surface area (Å²) < 4.78 is 1.67. The van der Waals surface area contributed by atoms with Crippen LogP contribution in [0.1, 0.15) is 18.5 Å². The molecular formula is C10H14N2O3. The summed E-state index contributed by atoms with van der Waals surface area (Å²) in [5, 5.41) is 22.8. The van der Waals surface area contributed by atoms with Crippen LogP contribution in [0.25, 0.3) is 0 Å². The molecule has 1 heterocycles. The molecule has 0 amide bonds. The smallest absolute Gasteiger partial charge is 0.306 e. The van der Waals surface area contributed by atoms with Gasteiger partial charge in [0.25, 0.3) is 0 Å². The highest BCUT2D eigenvalue weighted by Gasteiger charge is 2.46. The number of carbonyl (C=O) groups is 1. The van der Waals surface area contributed by atoms with E-state index in [2.05, 4.69) is 5.10 Å². The zero-order valence-corrected chi connectivity index (χ0v) is 8.55. The quantitative estimate of drug-likeness (QED) is 0.746. The fourth-order valence-electron chi connectivity index (χ4n) is 2.07. The van der Waals surface area contributed by atoms with Crippen molar-refractivity contribution in [3.05, 3.63) is 18.0 Å². The molecule has 0 radical (unpaired) electrons. The number of aryl methyl sites for hydroxylation is 1. The van der Waals surface area contributed by atoms with Gasteiger partial charge in [0.1, 0.15) is 0 Å². The Balaban J connectivity index is 1.94. The SMILES string of the molecule is Cn1ccc(CC2(O)CC(C(=O)O)C2)n1. The van der Waals surface area contributed by atoms with Gasteiger partial charge in [0.15, 0.2) is 0 Å². The Kier molecular flexibility index (Phi) is 2.26. The average molecular weight is 210 g/mol. The number of aromatic nitrogens is 2. The Hall–Kier alpha value is -1.36. The molecule has 82 valence electrons. The number of carboxylic acid groups (broad SMARTS) is 1. The topological polar surface area (TPSA) is 75.4 Å². The van der Waals surface area contributed by atoms with Gasteiger partial charge in [-0.1, -0.05) is 0 Å². The van der Waals surface area contributed by atoms with Crippen molar-refractivity contribution < 1.29 is 15.0 Å². The Morgan fingerprint density at radius 2 is 2.40 bits per heavy atom. The van der Waals surface area contributed by atoms with Gasteiger partial charge in [-0.15, -0.1) is 0 Å². The summed E-state index contributed by atoms with van der Waals surface area (Å²) in [5.74, 6) is -1.21. The van der Waals surface area contributed by atoms with Crippen LogP contribution >= 0.6 is 0 Å². The van der Waals surface area contributed by atoms with Gasteiger partial charge >= 0.3 is 5.97 Å². The predicted molar refractivity (Wildman–Crippen MR) is 52.2 cm³/mol. The summed E-state index contributed by atoms with van der Waals surface area (Å²) in [6.07, 6.45) is 2.92. The van der Waals surface area contributed by atoms with E-state index in [9.17, 15) is 9.90 Å². The van der Waals surface area contributed by atoms with E-state index in [-0.39, 0.29) is 0 Å². The van der Waals surface area contributed by atoms with Crippen LogP contribution in [0, 0.1) is 5.92 Å². The van der Waals surface area contributed by atoms with E-state index in [1.165, 1.54) is 0 Å². The van der Waals surface area contributed by atoms with Crippen molar-refractivity contribution in [2.75, 3.05) is 0 Å². The Morgan fingerprint density at radius 3 is 2.87 bits per heavy atom. The third-order valence-corrected chi connectivity index (χ3v) is 2.88. The summed E-state index contributed by atoms with van der Waals surface area (Å²) in [4.78, 5) is 10.6. The highest BCUT2D eigenvalue weighted by molar-refractivity contribution is 5.71. The van der Waals surface area contributed by atoms with E-state index < -0.39 is 17.5 Å². The second-order valence-electron chi connectivity index (χ2n) is 4.33. The maximum absolute atomic E-state index is 10.6. The van der Waals surface area contributed by atoms with Gasteiger partial charge in [-0.3, -0.25) is 9.48 Å². The molecule has 0 saturated heterocycles. The standard InChI is InChI=1S/C10H14N2O3/c1-12-3-2-8(11-12)6-10(15)4-7(5-10)9(13)14/h2-3,7,15H,4-6H2,1H3,(H,13,14). The van der Waals surface area contributed by atoms with E-state index in [1.807, 2.05) is 19.3 Å². The van der Waals surface area contributed by atoms with Crippen LogP contribution in [0.4, 0.5) is 0 Å². The first-order valence-corrected chi connectivity index (χ1v) is 4.92. The van der Waals surface area contributed by atoms with Crippen molar-refractivity contribution in [3.8, 4) is 0 Å². The van der Waals surface area contributed by atoms with Crippen LogP contribution in [0.3, 0.4) is 0 Å². The zero-order valence-electron chi connectivity index (χ0n) is 8.55. The fourth-order valence-corrected chi connectivity index (χ4v) is 2.07. The fraction of sp³-hybridized carbons (Fsp3) is 0.600. The van der Waals surface area contributed by atoms with Crippen LogP contribution < -0.4 is 0 Å². The largest absolute Gasteiger partial charge is 0.481 e. The maximum atomic E-state index is 10.6. The molecule has 0 aliphatic heterocycles. The molecule has 0 unspecified atom stereocenters. The predicted octanol–water partition coefficient (Wildman–Crippen LogP) is 0.188. The number of hydrogen-bond acceptors (Lipinski definition) is 3. The number of aliphatic carboxylic acids is 1. The van der Waals surface area contributed by atoms with E-state index in [1.54, 1.807) is 4.68 Å². The van der Waals surface area contributed by atoms with E-state index in [0.717, 1.165) is 5.69 Å². The van der Waals surface area contributed by atoms with Crippen molar-refractivity contribution in [3.63, 3.8) is 0 Å². The second-order valence-corrected chi connectivity index (χ2v) is 4.33. The number of nitrogens with zero attached hydrogens (tertiary/aromatic N) is 2. The normalized spacial score (nSPS) is 29.9. The first-order chi connectivity index (χ1) is 6.98. The van der Waals surface area contributed by atoms with Gasteiger partial charge in [-0.25, -0.2) is 0 Å². The lowest BCUT2D eigenvalue weighted by molar-refractivity contribution is -0.158. The number of rotatable bonds is 3. The minimum Gasteiger partial charge on any atom is -0.481 e. The molecule has 0 aromatic carbocycles. The number of aliphatic hydroxyl groups is 1. The summed E-state index contributed by atoms with van der Waals surface area (Å²) >= 11 is 0. The Labute approximate surface area is 87.3 Å². The maximum Gasteiger partial charge on any atom is 0.306 e. The van der Waals surface area contributed by atoms with Crippen molar-refractivity contribution in [2.24, 2.45) is 13.0 Å². The molecule has 1 fully saturated rings. The lowest BCUT2D eigenvalue weighted by Gasteiger charge is -2.41. The third kappa shape index (κ3) is 2.02. The minimum absolute atomic E-state index is 0.332. The third-order valence-electron chi connectivity index (χ3n) is 2.88. The van der Waals surface area contributed by atoms with Crippen molar-refractivity contribution >= 4 is 5.97 Å².